The van der Waals surface area contributed by atoms with Crippen molar-refractivity contribution in [3.05, 3.63) is 83.0 Å². The predicted octanol–water partition coefficient (Wildman–Crippen LogP) is 3.30. The lowest BCUT2D eigenvalue weighted by atomic mass is 10.0. The molecule has 126 valence electrons. The predicted molar refractivity (Wildman–Crippen MR) is 94.5 cm³/mol. The van der Waals surface area contributed by atoms with E-state index < -0.39 is 4.92 Å². The van der Waals surface area contributed by atoms with E-state index in [1.54, 1.807) is 18.3 Å². The van der Waals surface area contributed by atoms with Gasteiger partial charge in [0.15, 0.2) is 0 Å². The van der Waals surface area contributed by atoms with E-state index in [1.807, 2.05) is 42.5 Å². The molecule has 0 atom stereocenters. The van der Waals surface area contributed by atoms with Gasteiger partial charge in [-0.2, -0.15) is 0 Å². The summed E-state index contributed by atoms with van der Waals surface area (Å²) < 4.78 is 0. The lowest BCUT2D eigenvalue weighted by Gasteiger charge is -2.04. The zero-order chi connectivity index (χ0) is 17.9. The maximum atomic E-state index is 11.0. The van der Waals surface area contributed by atoms with Gasteiger partial charge in [-0.1, -0.05) is 30.3 Å². The number of benzene rings is 2. The second kappa shape index (κ2) is 6.52. The number of nitro benzene ring substituents is 1. The zero-order valence-corrected chi connectivity index (χ0v) is 13.4. The van der Waals surface area contributed by atoms with E-state index in [4.69, 9.17) is 0 Å². The van der Waals surface area contributed by atoms with Gasteiger partial charge in [-0.05, 0) is 40.6 Å². The van der Waals surface area contributed by atoms with Crippen molar-refractivity contribution in [3.8, 4) is 28.3 Å². The van der Waals surface area contributed by atoms with E-state index in [0.29, 0.717) is 17.2 Å². The van der Waals surface area contributed by atoms with Crippen molar-refractivity contribution in [2.75, 3.05) is 0 Å². The van der Waals surface area contributed by atoms with Crippen LogP contribution in [-0.2, 0) is 0 Å². The van der Waals surface area contributed by atoms with Crippen molar-refractivity contribution in [2.24, 2.45) is 0 Å². The van der Waals surface area contributed by atoms with Gasteiger partial charge in [0.25, 0.3) is 5.69 Å². The van der Waals surface area contributed by atoms with Crippen molar-refractivity contribution in [3.63, 3.8) is 0 Å². The average Bonchev–Trinajstić information content (AvgIpc) is 3.19. The van der Waals surface area contributed by atoms with E-state index in [9.17, 15) is 10.1 Å². The molecule has 4 aromatic rings. The molecule has 0 saturated carbocycles. The first kappa shape index (κ1) is 15.6. The molecule has 2 aromatic carbocycles. The van der Waals surface area contributed by atoms with Gasteiger partial charge in [0, 0.05) is 18.3 Å². The highest BCUT2D eigenvalue weighted by molar-refractivity contribution is 5.68. The third-order valence-corrected chi connectivity index (χ3v) is 3.77. The highest BCUT2D eigenvalue weighted by Crippen LogP contribution is 2.25. The van der Waals surface area contributed by atoms with Crippen LogP contribution in [0.3, 0.4) is 0 Å². The Hall–Kier alpha value is -3.94. The molecule has 2 heterocycles. The molecule has 0 aliphatic carbocycles. The van der Waals surface area contributed by atoms with Gasteiger partial charge in [-0.15, -0.1) is 15.0 Å². The second-order valence-electron chi connectivity index (χ2n) is 5.48. The second-order valence-corrected chi connectivity index (χ2v) is 5.48. The highest BCUT2D eigenvalue weighted by atomic mass is 16.6. The Kier molecular flexibility index (Phi) is 3.91. The minimum absolute atomic E-state index is 0.0456. The third-order valence-electron chi connectivity index (χ3n) is 3.77. The average molecular weight is 344 g/mol. The smallest absolute Gasteiger partial charge is 0.258 e. The number of nitrogens with zero attached hydrogens (tertiary/aromatic N) is 6. The van der Waals surface area contributed by atoms with Crippen molar-refractivity contribution >= 4 is 5.69 Å². The first-order valence-corrected chi connectivity index (χ1v) is 7.77. The molecule has 0 radical (unpaired) electrons. The molecule has 0 aliphatic heterocycles. The summed E-state index contributed by atoms with van der Waals surface area (Å²) in [5, 5.41) is 23.4. The summed E-state index contributed by atoms with van der Waals surface area (Å²) >= 11 is 0. The first-order chi connectivity index (χ1) is 12.7. The van der Waals surface area contributed by atoms with Crippen LogP contribution >= 0.6 is 0 Å². The Balaban J connectivity index is 1.70. The fourth-order valence-corrected chi connectivity index (χ4v) is 2.53. The van der Waals surface area contributed by atoms with Gasteiger partial charge in [-0.3, -0.25) is 15.1 Å². The Labute approximate surface area is 147 Å². The quantitative estimate of drug-likeness (QED) is 0.416. The third kappa shape index (κ3) is 3.03. The molecular formula is C18H12N6O2. The SMILES string of the molecule is O=[N+]([O-])c1cccc(-c2cccc(-n3nnc(-c4ccccn4)n3)c2)c1. The lowest BCUT2D eigenvalue weighted by molar-refractivity contribution is -0.384. The number of non-ortho nitro benzene ring substituents is 1. The number of nitro groups is 1. The van der Waals surface area contributed by atoms with Crippen molar-refractivity contribution in [1.29, 1.82) is 0 Å². The standard InChI is InChI=1S/C18H12N6O2/c25-24(26)16-8-4-6-14(12-16)13-5-3-7-15(11-13)23-21-18(20-22-23)17-9-1-2-10-19-17/h1-12H. The van der Waals surface area contributed by atoms with Crippen LogP contribution in [-0.4, -0.2) is 30.1 Å². The number of pyridine rings is 1. The molecule has 26 heavy (non-hydrogen) atoms. The number of rotatable bonds is 4. The molecule has 0 bridgehead atoms. The summed E-state index contributed by atoms with van der Waals surface area (Å²) in [6, 6.07) is 19.4. The van der Waals surface area contributed by atoms with Crippen LogP contribution in [0.4, 0.5) is 5.69 Å². The van der Waals surface area contributed by atoms with E-state index in [0.717, 1.165) is 11.1 Å². The normalized spacial score (nSPS) is 10.6. The van der Waals surface area contributed by atoms with Crippen molar-refractivity contribution < 1.29 is 4.92 Å². The van der Waals surface area contributed by atoms with Gasteiger partial charge in [0.1, 0.15) is 5.69 Å². The van der Waals surface area contributed by atoms with Gasteiger partial charge in [-0.25, -0.2) is 0 Å². The number of hydrogen-bond acceptors (Lipinski definition) is 6. The van der Waals surface area contributed by atoms with Crippen LogP contribution in [0.25, 0.3) is 28.3 Å². The van der Waals surface area contributed by atoms with Gasteiger partial charge < -0.3 is 0 Å². The Morgan fingerprint density at radius 1 is 0.923 bits per heavy atom. The van der Waals surface area contributed by atoms with Gasteiger partial charge >= 0.3 is 0 Å². The van der Waals surface area contributed by atoms with Crippen LogP contribution in [0, 0.1) is 10.1 Å². The minimum Gasteiger partial charge on any atom is -0.258 e. The number of tetrazole rings is 1. The van der Waals surface area contributed by atoms with Crippen molar-refractivity contribution in [2.45, 2.75) is 0 Å². The molecule has 2 aromatic heterocycles. The molecule has 0 N–H and O–H groups in total. The lowest BCUT2D eigenvalue weighted by Crippen LogP contribution is -1.99. The summed E-state index contributed by atoms with van der Waals surface area (Å²) in [6.07, 6.45) is 1.67. The summed E-state index contributed by atoms with van der Waals surface area (Å²) in [5.74, 6) is 0.423. The van der Waals surface area contributed by atoms with E-state index in [-0.39, 0.29) is 5.69 Å². The fourth-order valence-electron chi connectivity index (χ4n) is 2.53. The molecule has 0 unspecified atom stereocenters. The Morgan fingerprint density at radius 2 is 1.73 bits per heavy atom. The maximum Gasteiger partial charge on any atom is 0.270 e. The van der Waals surface area contributed by atoms with Crippen LogP contribution in [0.2, 0.25) is 0 Å². The molecule has 0 aliphatic rings. The molecular weight excluding hydrogens is 332 g/mol. The van der Waals surface area contributed by atoms with Crippen LogP contribution < -0.4 is 0 Å². The zero-order valence-electron chi connectivity index (χ0n) is 13.4. The van der Waals surface area contributed by atoms with E-state index >= 15 is 0 Å². The molecule has 0 saturated heterocycles. The maximum absolute atomic E-state index is 11.0. The minimum atomic E-state index is -0.411. The van der Waals surface area contributed by atoms with Gasteiger partial charge in [0.05, 0.1) is 10.6 Å². The summed E-state index contributed by atoms with van der Waals surface area (Å²) in [5.41, 5.74) is 2.94. The van der Waals surface area contributed by atoms with E-state index in [2.05, 4.69) is 20.4 Å². The summed E-state index contributed by atoms with van der Waals surface area (Å²) in [4.78, 5) is 16.2. The van der Waals surface area contributed by atoms with Crippen LogP contribution in [0.5, 0.6) is 0 Å². The number of aromatic nitrogens is 5. The Bertz CT molecular complexity index is 1080. The van der Waals surface area contributed by atoms with Crippen LogP contribution in [0.15, 0.2) is 72.9 Å². The first-order valence-electron chi connectivity index (χ1n) is 7.77. The molecule has 8 heteroatoms. The topological polar surface area (TPSA) is 99.6 Å². The monoisotopic (exact) mass is 344 g/mol. The molecule has 4 rings (SSSR count). The molecule has 8 nitrogen and oxygen atoms in total. The molecule has 0 amide bonds. The summed E-state index contributed by atoms with van der Waals surface area (Å²) in [7, 11) is 0. The number of hydrogen-bond donors (Lipinski definition) is 0. The largest absolute Gasteiger partial charge is 0.270 e. The molecule has 0 spiro atoms. The van der Waals surface area contributed by atoms with Crippen molar-refractivity contribution in [1.82, 2.24) is 25.2 Å². The Morgan fingerprint density at radius 3 is 2.50 bits per heavy atom. The highest BCUT2D eigenvalue weighted by Gasteiger charge is 2.10. The fraction of sp³-hybridized carbons (Fsp3) is 0. The molecule has 0 fully saturated rings. The van der Waals surface area contributed by atoms with Gasteiger partial charge in [0.2, 0.25) is 5.82 Å². The summed E-state index contributed by atoms with van der Waals surface area (Å²) in [6.45, 7) is 0. The van der Waals surface area contributed by atoms with E-state index in [1.165, 1.54) is 16.9 Å². The van der Waals surface area contributed by atoms with Crippen LogP contribution in [0.1, 0.15) is 0 Å².